The van der Waals surface area contributed by atoms with E-state index in [1.807, 2.05) is 29.6 Å². The summed E-state index contributed by atoms with van der Waals surface area (Å²) in [6.07, 6.45) is 1.93. The normalized spacial score (nSPS) is 17.5. The van der Waals surface area contributed by atoms with E-state index >= 15 is 0 Å². The Morgan fingerprint density at radius 1 is 1.13 bits per heavy atom. The maximum absolute atomic E-state index is 12.3. The van der Waals surface area contributed by atoms with Crippen molar-refractivity contribution >= 4 is 34.5 Å². The lowest BCUT2D eigenvalue weighted by molar-refractivity contribution is -0.120. The second kappa shape index (κ2) is 7.39. The fourth-order valence-corrected chi connectivity index (χ4v) is 3.21. The van der Waals surface area contributed by atoms with E-state index in [0.29, 0.717) is 16.3 Å². The van der Waals surface area contributed by atoms with Crippen LogP contribution in [-0.2, 0) is 4.79 Å². The molecule has 2 amide bonds. The van der Waals surface area contributed by atoms with Crippen molar-refractivity contribution in [1.29, 1.82) is 0 Å². The van der Waals surface area contributed by atoms with E-state index in [0.717, 1.165) is 25.9 Å². The molecule has 23 heavy (non-hydrogen) atoms. The standard InChI is InChI=1S/C17H19N3O2S/c21-16(12-4-2-8-18-11-12)19-13-5-1-6-14(10-13)20-17(22)15-7-3-9-23-15/h1,3,5-7,9-10,12,18H,2,4,8,11H2,(H,19,21)(H,20,22)/t12-/m1/s1. The van der Waals surface area contributed by atoms with Crippen molar-refractivity contribution in [1.82, 2.24) is 5.32 Å². The van der Waals surface area contributed by atoms with Crippen molar-refractivity contribution < 1.29 is 9.59 Å². The summed E-state index contributed by atoms with van der Waals surface area (Å²) in [5.41, 5.74) is 1.37. The Labute approximate surface area is 139 Å². The van der Waals surface area contributed by atoms with Gasteiger partial charge in [-0.1, -0.05) is 12.1 Å². The average molecular weight is 329 g/mol. The van der Waals surface area contributed by atoms with Crippen LogP contribution in [0.1, 0.15) is 22.5 Å². The zero-order chi connectivity index (χ0) is 16.1. The summed E-state index contributed by atoms with van der Waals surface area (Å²) in [5, 5.41) is 10.9. The van der Waals surface area contributed by atoms with Gasteiger partial charge in [-0.25, -0.2) is 0 Å². The van der Waals surface area contributed by atoms with Crippen LogP contribution in [0.4, 0.5) is 11.4 Å². The lowest BCUT2D eigenvalue weighted by Crippen LogP contribution is -2.37. The van der Waals surface area contributed by atoms with Crippen LogP contribution >= 0.6 is 11.3 Å². The Morgan fingerprint density at radius 2 is 1.96 bits per heavy atom. The minimum absolute atomic E-state index is 0.00751. The van der Waals surface area contributed by atoms with Gasteiger partial charge in [0.25, 0.3) is 5.91 Å². The lowest BCUT2D eigenvalue weighted by Gasteiger charge is -2.22. The van der Waals surface area contributed by atoms with Crippen molar-refractivity contribution in [3.05, 3.63) is 46.7 Å². The Balaban J connectivity index is 1.62. The molecule has 5 nitrogen and oxygen atoms in total. The molecule has 2 aromatic rings. The van der Waals surface area contributed by atoms with Gasteiger partial charge in [-0.2, -0.15) is 0 Å². The van der Waals surface area contributed by atoms with E-state index in [1.165, 1.54) is 11.3 Å². The highest BCUT2D eigenvalue weighted by molar-refractivity contribution is 7.12. The van der Waals surface area contributed by atoms with Crippen molar-refractivity contribution in [2.24, 2.45) is 5.92 Å². The van der Waals surface area contributed by atoms with Gasteiger partial charge in [-0.3, -0.25) is 9.59 Å². The molecule has 120 valence electrons. The summed E-state index contributed by atoms with van der Waals surface area (Å²) >= 11 is 1.40. The zero-order valence-corrected chi connectivity index (χ0v) is 13.5. The van der Waals surface area contributed by atoms with Crippen LogP contribution in [0.5, 0.6) is 0 Å². The number of carbonyl (C=O) groups excluding carboxylic acids is 2. The summed E-state index contributed by atoms with van der Waals surface area (Å²) in [4.78, 5) is 25.0. The van der Waals surface area contributed by atoms with Gasteiger partial charge < -0.3 is 16.0 Å². The molecule has 1 aliphatic heterocycles. The molecular formula is C17H19N3O2S. The summed E-state index contributed by atoms with van der Waals surface area (Å²) < 4.78 is 0. The van der Waals surface area contributed by atoms with Crippen LogP contribution in [-0.4, -0.2) is 24.9 Å². The van der Waals surface area contributed by atoms with E-state index in [4.69, 9.17) is 0 Å². The summed E-state index contributed by atoms with van der Waals surface area (Å²) in [6, 6.07) is 10.9. The maximum atomic E-state index is 12.3. The number of thiophene rings is 1. The molecule has 1 saturated heterocycles. The third-order valence-corrected chi connectivity index (χ3v) is 4.67. The molecule has 1 fully saturated rings. The number of hydrogen-bond donors (Lipinski definition) is 3. The molecule has 0 saturated carbocycles. The highest BCUT2D eigenvalue weighted by Gasteiger charge is 2.20. The molecule has 0 unspecified atom stereocenters. The molecule has 0 aliphatic carbocycles. The number of hydrogen-bond acceptors (Lipinski definition) is 4. The quantitative estimate of drug-likeness (QED) is 0.808. The molecular weight excluding hydrogens is 310 g/mol. The zero-order valence-electron chi connectivity index (χ0n) is 12.7. The smallest absolute Gasteiger partial charge is 0.265 e. The Morgan fingerprint density at radius 3 is 2.65 bits per heavy atom. The maximum Gasteiger partial charge on any atom is 0.265 e. The highest BCUT2D eigenvalue weighted by Crippen LogP contribution is 2.19. The van der Waals surface area contributed by atoms with Crippen molar-refractivity contribution in [3.63, 3.8) is 0 Å². The largest absolute Gasteiger partial charge is 0.326 e. The highest BCUT2D eigenvalue weighted by atomic mass is 32.1. The molecule has 0 radical (unpaired) electrons. The molecule has 0 bridgehead atoms. The third-order valence-electron chi connectivity index (χ3n) is 3.80. The van der Waals surface area contributed by atoms with Crippen LogP contribution in [0.15, 0.2) is 41.8 Å². The fourth-order valence-electron chi connectivity index (χ4n) is 2.60. The number of amides is 2. The molecule has 1 aliphatic rings. The SMILES string of the molecule is O=C(Nc1cccc(NC(=O)[C@@H]2CCCNC2)c1)c1cccs1. The number of benzene rings is 1. The first-order valence-electron chi connectivity index (χ1n) is 7.69. The second-order valence-corrected chi connectivity index (χ2v) is 6.49. The van der Waals surface area contributed by atoms with Gasteiger partial charge >= 0.3 is 0 Å². The van der Waals surface area contributed by atoms with E-state index in [-0.39, 0.29) is 17.7 Å². The second-order valence-electron chi connectivity index (χ2n) is 5.54. The number of piperidine rings is 1. The van der Waals surface area contributed by atoms with Crippen LogP contribution in [0.25, 0.3) is 0 Å². The summed E-state index contributed by atoms with van der Waals surface area (Å²) in [5.74, 6) is -0.105. The fraction of sp³-hybridized carbons (Fsp3) is 0.294. The number of nitrogens with one attached hydrogen (secondary N) is 3. The van der Waals surface area contributed by atoms with Crippen molar-refractivity contribution in [2.45, 2.75) is 12.8 Å². The van der Waals surface area contributed by atoms with Gasteiger partial charge in [-0.05, 0) is 49.0 Å². The minimum Gasteiger partial charge on any atom is -0.326 e. The number of anilines is 2. The molecule has 0 spiro atoms. The van der Waals surface area contributed by atoms with Gasteiger partial charge in [-0.15, -0.1) is 11.3 Å². The average Bonchev–Trinajstić information content (AvgIpc) is 3.10. The first-order valence-corrected chi connectivity index (χ1v) is 8.57. The van der Waals surface area contributed by atoms with E-state index in [1.54, 1.807) is 12.1 Å². The van der Waals surface area contributed by atoms with Crippen LogP contribution in [0.2, 0.25) is 0 Å². The van der Waals surface area contributed by atoms with Crippen LogP contribution in [0.3, 0.4) is 0 Å². The van der Waals surface area contributed by atoms with Gasteiger partial charge in [0.1, 0.15) is 0 Å². The first kappa shape index (κ1) is 15.7. The van der Waals surface area contributed by atoms with Crippen molar-refractivity contribution in [2.75, 3.05) is 23.7 Å². The predicted molar refractivity (Wildman–Crippen MR) is 92.9 cm³/mol. The van der Waals surface area contributed by atoms with E-state index in [2.05, 4.69) is 16.0 Å². The van der Waals surface area contributed by atoms with E-state index in [9.17, 15) is 9.59 Å². The Bertz CT molecular complexity index is 679. The molecule has 6 heteroatoms. The molecule has 3 rings (SSSR count). The van der Waals surface area contributed by atoms with Gasteiger partial charge in [0.2, 0.25) is 5.91 Å². The topological polar surface area (TPSA) is 70.2 Å². The first-order chi connectivity index (χ1) is 11.2. The van der Waals surface area contributed by atoms with Crippen LogP contribution < -0.4 is 16.0 Å². The van der Waals surface area contributed by atoms with E-state index < -0.39 is 0 Å². The van der Waals surface area contributed by atoms with Crippen molar-refractivity contribution in [3.8, 4) is 0 Å². The summed E-state index contributed by atoms with van der Waals surface area (Å²) in [7, 11) is 0. The molecule has 3 N–H and O–H groups in total. The monoisotopic (exact) mass is 329 g/mol. The molecule has 1 aromatic heterocycles. The molecule has 1 atom stereocenters. The summed E-state index contributed by atoms with van der Waals surface area (Å²) in [6.45, 7) is 1.70. The van der Waals surface area contributed by atoms with Crippen LogP contribution in [0, 0.1) is 5.92 Å². The lowest BCUT2D eigenvalue weighted by atomic mass is 9.99. The minimum atomic E-state index is -0.139. The predicted octanol–water partition coefficient (Wildman–Crippen LogP) is 2.94. The molecule has 2 heterocycles. The third kappa shape index (κ3) is 4.18. The Hall–Kier alpha value is -2.18. The van der Waals surface area contributed by atoms with Gasteiger partial charge in [0, 0.05) is 17.9 Å². The van der Waals surface area contributed by atoms with Gasteiger partial charge in [0.15, 0.2) is 0 Å². The Kier molecular flexibility index (Phi) is 5.05. The molecule has 1 aromatic carbocycles. The number of rotatable bonds is 4. The van der Waals surface area contributed by atoms with Gasteiger partial charge in [0.05, 0.1) is 10.8 Å². The number of carbonyl (C=O) groups is 2.